The first kappa shape index (κ1) is 37.6. The molecule has 1 heterocycles. The summed E-state index contributed by atoms with van der Waals surface area (Å²) in [5.74, 6) is 1.77. The Bertz CT molecular complexity index is 3960. The van der Waals surface area contributed by atoms with Gasteiger partial charge in [0.1, 0.15) is 11.5 Å². The van der Waals surface area contributed by atoms with Crippen molar-refractivity contribution in [2.45, 2.75) is 0 Å². The molecule has 12 aromatic rings. The van der Waals surface area contributed by atoms with Crippen LogP contribution in [0.3, 0.4) is 0 Å². The normalized spacial score (nSPS) is 12.0. The lowest BCUT2D eigenvalue weighted by Gasteiger charge is -2.23. The average molecular weight is 849 g/mol. The Kier molecular flexibility index (Phi) is 8.35. The molecular weight excluding hydrogens is 809 g/mol. The summed E-state index contributed by atoms with van der Waals surface area (Å²) in [7, 11) is 0. The SMILES string of the molecule is c1ccc(-c2cc(-c3ccc(-c4c5c(c(-c6ccccc6)c6ccccc46)-c4cccc6cccc-5c46)cc3)cc(-c3ccc4c5c(cccc35)-c3cc(-c5ccccc5)ccc3O4)c2)cc1. The second-order valence-corrected chi connectivity index (χ2v) is 17.9. The fourth-order valence-electron chi connectivity index (χ4n) is 11.2. The molecule has 1 aliphatic carbocycles. The molecule has 2 aliphatic rings. The topological polar surface area (TPSA) is 9.23 Å². The van der Waals surface area contributed by atoms with Crippen molar-refractivity contribution in [3.05, 3.63) is 243 Å². The minimum absolute atomic E-state index is 0.885. The van der Waals surface area contributed by atoms with Gasteiger partial charge in [-0.1, -0.05) is 206 Å². The van der Waals surface area contributed by atoms with Gasteiger partial charge in [-0.25, -0.2) is 0 Å². The first-order valence-corrected chi connectivity index (χ1v) is 23.2. The van der Waals surface area contributed by atoms with Gasteiger partial charge in [-0.3, -0.25) is 0 Å². The Morgan fingerprint density at radius 2 is 0.672 bits per heavy atom. The Balaban J connectivity index is 0.937. The van der Waals surface area contributed by atoms with Gasteiger partial charge in [0.15, 0.2) is 0 Å². The van der Waals surface area contributed by atoms with Crippen molar-refractivity contribution in [1.82, 2.24) is 0 Å². The van der Waals surface area contributed by atoms with Crippen molar-refractivity contribution in [3.63, 3.8) is 0 Å². The van der Waals surface area contributed by atoms with E-state index in [1.54, 1.807) is 0 Å². The van der Waals surface area contributed by atoms with E-state index in [-0.39, 0.29) is 0 Å². The number of hydrogen-bond donors (Lipinski definition) is 0. The third-order valence-corrected chi connectivity index (χ3v) is 14.2. The zero-order valence-electron chi connectivity index (χ0n) is 36.5. The maximum Gasteiger partial charge on any atom is 0.135 e. The van der Waals surface area contributed by atoms with Gasteiger partial charge in [0, 0.05) is 10.9 Å². The highest BCUT2D eigenvalue weighted by atomic mass is 16.5. The van der Waals surface area contributed by atoms with Crippen LogP contribution in [0.4, 0.5) is 0 Å². The summed E-state index contributed by atoms with van der Waals surface area (Å²) in [4.78, 5) is 0. The van der Waals surface area contributed by atoms with Gasteiger partial charge in [-0.15, -0.1) is 0 Å². The van der Waals surface area contributed by atoms with Gasteiger partial charge in [-0.05, 0) is 158 Å². The van der Waals surface area contributed by atoms with E-state index in [1.165, 1.54) is 122 Å². The van der Waals surface area contributed by atoms with Crippen LogP contribution in [0.15, 0.2) is 243 Å². The van der Waals surface area contributed by atoms with E-state index in [2.05, 4.69) is 243 Å². The largest absolute Gasteiger partial charge is 0.456 e. The molecule has 1 nitrogen and oxygen atoms in total. The smallest absolute Gasteiger partial charge is 0.135 e. The summed E-state index contributed by atoms with van der Waals surface area (Å²) in [6.45, 7) is 0. The molecule has 0 unspecified atom stereocenters. The summed E-state index contributed by atoms with van der Waals surface area (Å²) < 4.78 is 6.68. The second-order valence-electron chi connectivity index (χ2n) is 17.9. The van der Waals surface area contributed by atoms with Crippen molar-refractivity contribution in [1.29, 1.82) is 0 Å². The number of fused-ring (bicyclic) bond motifs is 6. The lowest BCUT2D eigenvalue weighted by molar-refractivity contribution is 0.487. The molecule has 67 heavy (non-hydrogen) atoms. The summed E-state index contributed by atoms with van der Waals surface area (Å²) in [6.07, 6.45) is 0. The van der Waals surface area contributed by atoms with Crippen molar-refractivity contribution in [2.24, 2.45) is 0 Å². The van der Waals surface area contributed by atoms with Crippen LogP contribution in [0.5, 0.6) is 11.5 Å². The van der Waals surface area contributed by atoms with E-state index in [4.69, 9.17) is 4.74 Å². The molecule has 0 N–H and O–H groups in total. The van der Waals surface area contributed by atoms with Crippen LogP contribution in [0.2, 0.25) is 0 Å². The molecular formula is C66H40O. The summed E-state index contributed by atoms with van der Waals surface area (Å²) in [6, 6.07) is 88.9. The number of ether oxygens (including phenoxy) is 1. The Morgan fingerprint density at radius 3 is 1.31 bits per heavy atom. The summed E-state index contributed by atoms with van der Waals surface area (Å²) in [5.41, 5.74) is 22.0. The second kappa shape index (κ2) is 14.9. The van der Waals surface area contributed by atoms with Crippen molar-refractivity contribution < 1.29 is 4.74 Å². The van der Waals surface area contributed by atoms with E-state index < -0.39 is 0 Å². The van der Waals surface area contributed by atoms with Crippen LogP contribution in [0, 0.1) is 0 Å². The fourth-order valence-corrected chi connectivity index (χ4v) is 11.2. The van der Waals surface area contributed by atoms with Crippen molar-refractivity contribution in [2.75, 3.05) is 0 Å². The molecule has 0 atom stereocenters. The molecule has 12 aromatic carbocycles. The number of benzene rings is 12. The van der Waals surface area contributed by atoms with Crippen LogP contribution in [0.1, 0.15) is 0 Å². The highest BCUT2D eigenvalue weighted by Crippen LogP contribution is 2.58. The van der Waals surface area contributed by atoms with Crippen LogP contribution >= 0.6 is 0 Å². The van der Waals surface area contributed by atoms with Crippen molar-refractivity contribution in [3.8, 4) is 112 Å². The molecule has 0 spiro atoms. The van der Waals surface area contributed by atoms with Crippen LogP contribution in [-0.2, 0) is 0 Å². The Morgan fingerprint density at radius 1 is 0.209 bits per heavy atom. The molecule has 310 valence electrons. The predicted octanol–water partition coefficient (Wildman–Crippen LogP) is 18.6. The average Bonchev–Trinajstić information content (AvgIpc) is 3.73. The molecule has 0 aromatic heterocycles. The van der Waals surface area contributed by atoms with E-state index >= 15 is 0 Å². The van der Waals surface area contributed by atoms with Gasteiger partial charge < -0.3 is 4.74 Å². The maximum absolute atomic E-state index is 6.68. The summed E-state index contributed by atoms with van der Waals surface area (Å²) in [5, 5.41) is 7.45. The van der Waals surface area contributed by atoms with Crippen LogP contribution in [-0.4, -0.2) is 0 Å². The van der Waals surface area contributed by atoms with E-state index in [1.807, 2.05) is 0 Å². The molecule has 14 rings (SSSR count). The highest BCUT2D eigenvalue weighted by molar-refractivity contribution is 6.27. The molecule has 0 saturated heterocycles. The zero-order chi connectivity index (χ0) is 44.0. The maximum atomic E-state index is 6.68. The summed E-state index contributed by atoms with van der Waals surface area (Å²) >= 11 is 0. The van der Waals surface area contributed by atoms with Gasteiger partial charge >= 0.3 is 0 Å². The van der Waals surface area contributed by atoms with E-state index in [0.717, 1.165) is 22.4 Å². The van der Waals surface area contributed by atoms with Gasteiger partial charge in [-0.2, -0.15) is 0 Å². The number of hydrogen-bond acceptors (Lipinski definition) is 1. The van der Waals surface area contributed by atoms with Gasteiger partial charge in [0.2, 0.25) is 0 Å². The van der Waals surface area contributed by atoms with Gasteiger partial charge in [0.05, 0.1) is 0 Å². The standard InChI is InChI=1S/C66H40O/c1-4-15-41(16-5-1)47-33-35-59-58(40-47)55-26-14-25-52-51(34-36-60(67-59)64(52)55)50-38-48(42-17-6-2-7-18-42)37-49(39-50)43-29-31-46(32-30-43)63-54-24-11-10-23-53(54)62(45-19-8-3-9-20-45)65-56-27-12-21-44-22-13-28-57(61(44)56)66(63)65/h1-40H. The lowest BCUT2D eigenvalue weighted by Crippen LogP contribution is -1.98. The quantitative estimate of drug-likeness (QED) is 0.162. The Hall–Kier alpha value is -8.78. The number of rotatable bonds is 6. The first-order valence-electron chi connectivity index (χ1n) is 23.2. The third-order valence-electron chi connectivity index (χ3n) is 14.2. The van der Waals surface area contributed by atoms with E-state index in [9.17, 15) is 0 Å². The van der Waals surface area contributed by atoms with Crippen LogP contribution in [0.25, 0.3) is 132 Å². The molecule has 1 heteroatoms. The first-order chi connectivity index (χ1) is 33.2. The third kappa shape index (κ3) is 5.88. The predicted molar refractivity (Wildman–Crippen MR) is 282 cm³/mol. The zero-order valence-corrected chi connectivity index (χ0v) is 36.5. The highest BCUT2D eigenvalue weighted by Gasteiger charge is 2.30. The Labute approximate surface area is 389 Å². The molecule has 0 bridgehead atoms. The molecule has 0 fully saturated rings. The van der Waals surface area contributed by atoms with Crippen molar-refractivity contribution >= 4 is 32.3 Å². The van der Waals surface area contributed by atoms with Gasteiger partial charge in [0.25, 0.3) is 0 Å². The monoisotopic (exact) mass is 848 g/mol. The van der Waals surface area contributed by atoms with E-state index in [0.29, 0.717) is 0 Å². The molecule has 0 amide bonds. The lowest BCUT2D eigenvalue weighted by atomic mass is 9.82. The molecule has 0 saturated carbocycles. The minimum Gasteiger partial charge on any atom is -0.456 e. The molecule has 0 radical (unpaired) electrons. The van der Waals surface area contributed by atoms with Crippen LogP contribution < -0.4 is 4.74 Å². The molecule has 1 aliphatic heterocycles. The minimum atomic E-state index is 0.885. The fraction of sp³-hybridized carbons (Fsp3) is 0.